The fraction of sp³-hybridized carbons (Fsp3) is 0.944. The highest BCUT2D eigenvalue weighted by Crippen LogP contribution is 2.31. The molecule has 0 aromatic rings. The van der Waals surface area contributed by atoms with Gasteiger partial charge < -0.3 is 10.6 Å². The first-order chi connectivity index (χ1) is 10.1. The Morgan fingerprint density at radius 3 is 2.45 bits per heavy atom. The molecule has 1 saturated carbocycles. The molecule has 1 heterocycles. The highest BCUT2D eigenvalue weighted by Gasteiger charge is 2.30. The van der Waals surface area contributed by atoms with Crippen molar-refractivity contribution in [2.45, 2.75) is 77.7 Å². The number of nitrogens with two attached hydrogens (primary N) is 1. The van der Waals surface area contributed by atoms with E-state index in [1.54, 1.807) is 0 Å². The third kappa shape index (κ3) is 5.42. The predicted molar refractivity (Wildman–Crippen MR) is 95.2 cm³/mol. The van der Waals surface area contributed by atoms with Crippen LogP contribution in [0.25, 0.3) is 0 Å². The second kappa shape index (κ2) is 9.77. The van der Waals surface area contributed by atoms with Crippen LogP contribution in [-0.2, 0) is 4.79 Å². The molecule has 1 saturated heterocycles. The maximum atomic E-state index is 12.9. The van der Waals surface area contributed by atoms with E-state index in [4.69, 9.17) is 5.73 Å². The highest BCUT2D eigenvalue weighted by molar-refractivity contribution is 5.85. The summed E-state index contributed by atoms with van der Waals surface area (Å²) in [5.74, 6) is 1.95. The minimum atomic E-state index is 0. The first-order valence-electron chi connectivity index (χ1n) is 9.16. The molecule has 3 atom stereocenters. The average molecular weight is 331 g/mol. The summed E-state index contributed by atoms with van der Waals surface area (Å²) >= 11 is 0. The van der Waals surface area contributed by atoms with Gasteiger partial charge in [0, 0.05) is 25.0 Å². The summed E-state index contributed by atoms with van der Waals surface area (Å²) in [6, 6.07) is 0.207. The van der Waals surface area contributed by atoms with Crippen molar-refractivity contribution in [3.63, 3.8) is 0 Å². The summed E-state index contributed by atoms with van der Waals surface area (Å²) in [5, 5.41) is 0. The Morgan fingerprint density at radius 1 is 1.18 bits per heavy atom. The Bertz CT molecular complexity index is 329. The Hall–Kier alpha value is -0.280. The topological polar surface area (TPSA) is 46.3 Å². The summed E-state index contributed by atoms with van der Waals surface area (Å²) in [7, 11) is 0. The Labute approximate surface area is 142 Å². The van der Waals surface area contributed by atoms with Crippen LogP contribution < -0.4 is 5.73 Å². The van der Waals surface area contributed by atoms with E-state index in [-0.39, 0.29) is 24.4 Å². The lowest BCUT2D eigenvalue weighted by Gasteiger charge is -2.37. The quantitative estimate of drug-likeness (QED) is 0.828. The van der Waals surface area contributed by atoms with Crippen molar-refractivity contribution < 1.29 is 4.79 Å². The Morgan fingerprint density at radius 2 is 1.86 bits per heavy atom. The molecule has 0 spiro atoms. The fourth-order valence-corrected chi connectivity index (χ4v) is 4.16. The molecule has 130 valence electrons. The van der Waals surface area contributed by atoms with Crippen molar-refractivity contribution in [2.24, 2.45) is 23.5 Å². The van der Waals surface area contributed by atoms with Gasteiger partial charge in [0.05, 0.1) is 0 Å². The van der Waals surface area contributed by atoms with E-state index in [1.807, 2.05) is 0 Å². The van der Waals surface area contributed by atoms with E-state index >= 15 is 0 Å². The lowest BCUT2D eigenvalue weighted by atomic mass is 9.81. The molecule has 3 nitrogen and oxygen atoms in total. The van der Waals surface area contributed by atoms with Crippen LogP contribution in [0.4, 0.5) is 0 Å². The molecule has 1 aliphatic carbocycles. The van der Waals surface area contributed by atoms with Crippen molar-refractivity contribution >= 4 is 18.3 Å². The van der Waals surface area contributed by atoms with Crippen LogP contribution in [0.1, 0.15) is 71.6 Å². The van der Waals surface area contributed by atoms with E-state index in [9.17, 15) is 4.79 Å². The van der Waals surface area contributed by atoms with E-state index < -0.39 is 0 Å². The molecule has 2 N–H and O–H groups in total. The SMILES string of the molecule is CCC(CC1CCCCC1)C(=O)N1CCCC(C(C)N)C1.Cl. The summed E-state index contributed by atoms with van der Waals surface area (Å²) in [6.07, 6.45) is 11.2. The maximum Gasteiger partial charge on any atom is 0.225 e. The van der Waals surface area contributed by atoms with Gasteiger partial charge in [0.2, 0.25) is 5.91 Å². The zero-order valence-corrected chi connectivity index (χ0v) is 15.2. The molecule has 0 aromatic heterocycles. The maximum absolute atomic E-state index is 12.9. The molecule has 1 amide bonds. The van der Waals surface area contributed by atoms with E-state index in [0.717, 1.165) is 38.3 Å². The van der Waals surface area contributed by atoms with Gasteiger partial charge in [-0.05, 0) is 44.4 Å². The van der Waals surface area contributed by atoms with Gasteiger partial charge in [-0.15, -0.1) is 12.4 Å². The first-order valence-corrected chi connectivity index (χ1v) is 9.16. The monoisotopic (exact) mass is 330 g/mol. The summed E-state index contributed by atoms with van der Waals surface area (Å²) in [4.78, 5) is 15.0. The second-order valence-corrected chi connectivity index (χ2v) is 7.39. The molecule has 0 bridgehead atoms. The van der Waals surface area contributed by atoms with Crippen molar-refractivity contribution in [3.05, 3.63) is 0 Å². The van der Waals surface area contributed by atoms with Gasteiger partial charge in [0.1, 0.15) is 0 Å². The van der Waals surface area contributed by atoms with Crippen LogP contribution in [0, 0.1) is 17.8 Å². The molecule has 2 aliphatic rings. The van der Waals surface area contributed by atoms with E-state index in [1.165, 1.54) is 38.5 Å². The first kappa shape index (κ1) is 19.8. The summed E-state index contributed by atoms with van der Waals surface area (Å²) in [6.45, 7) is 6.09. The molecule has 4 heteroatoms. The molecule has 22 heavy (non-hydrogen) atoms. The van der Waals surface area contributed by atoms with Crippen molar-refractivity contribution in [3.8, 4) is 0 Å². The molecule has 0 aromatic carbocycles. The van der Waals surface area contributed by atoms with Gasteiger partial charge in [0.25, 0.3) is 0 Å². The number of carbonyl (C=O) groups excluding carboxylic acids is 1. The van der Waals surface area contributed by atoms with Crippen LogP contribution in [0.5, 0.6) is 0 Å². The molecule has 2 fully saturated rings. The Balaban J connectivity index is 0.00000242. The van der Waals surface area contributed by atoms with Crippen LogP contribution in [-0.4, -0.2) is 29.9 Å². The van der Waals surface area contributed by atoms with Crippen LogP contribution in [0.15, 0.2) is 0 Å². The summed E-state index contributed by atoms with van der Waals surface area (Å²) < 4.78 is 0. The summed E-state index contributed by atoms with van der Waals surface area (Å²) in [5.41, 5.74) is 6.05. The predicted octanol–water partition coefficient (Wildman–Crippen LogP) is 3.99. The third-order valence-electron chi connectivity index (χ3n) is 5.70. The lowest BCUT2D eigenvalue weighted by Crippen LogP contribution is -2.47. The third-order valence-corrected chi connectivity index (χ3v) is 5.70. The van der Waals surface area contributed by atoms with Crippen LogP contribution >= 0.6 is 12.4 Å². The van der Waals surface area contributed by atoms with Gasteiger partial charge in [-0.1, -0.05) is 39.0 Å². The van der Waals surface area contributed by atoms with Crippen LogP contribution in [0.3, 0.4) is 0 Å². The van der Waals surface area contributed by atoms with Gasteiger partial charge in [-0.3, -0.25) is 4.79 Å². The number of amides is 1. The van der Waals surface area contributed by atoms with Gasteiger partial charge in [-0.2, -0.15) is 0 Å². The highest BCUT2D eigenvalue weighted by atomic mass is 35.5. The second-order valence-electron chi connectivity index (χ2n) is 7.39. The van der Waals surface area contributed by atoms with Crippen molar-refractivity contribution in [1.82, 2.24) is 4.90 Å². The standard InChI is InChI=1S/C18H34N2O.ClH/c1-3-16(12-15-8-5-4-6-9-15)18(21)20-11-7-10-17(13-20)14(2)19;/h14-17H,3-13,19H2,1-2H3;1H. The van der Waals surface area contributed by atoms with Crippen LogP contribution in [0.2, 0.25) is 0 Å². The smallest absolute Gasteiger partial charge is 0.225 e. The van der Waals surface area contributed by atoms with Gasteiger partial charge in [-0.25, -0.2) is 0 Å². The van der Waals surface area contributed by atoms with Crippen molar-refractivity contribution in [2.75, 3.05) is 13.1 Å². The lowest BCUT2D eigenvalue weighted by molar-refractivity contribution is -0.138. The number of hydrogen-bond acceptors (Lipinski definition) is 2. The number of carbonyl (C=O) groups is 1. The number of likely N-dealkylation sites (tertiary alicyclic amines) is 1. The Kier molecular flexibility index (Phi) is 8.78. The van der Waals surface area contributed by atoms with E-state index in [0.29, 0.717) is 11.8 Å². The number of halogens is 1. The zero-order chi connectivity index (χ0) is 15.2. The molecule has 2 rings (SSSR count). The van der Waals surface area contributed by atoms with E-state index in [2.05, 4.69) is 18.7 Å². The minimum Gasteiger partial charge on any atom is -0.342 e. The fourth-order valence-electron chi connectivity index (χ4n) is 4.16. The number of hydrogen-bond donors (Lipinski definition) is 1. The molecule has 3 unspecified atom stereocenters. The number of piperidine rings is 1. The molecular weight excluding hydrogens is 296 g/mol. The number of rotatable bonds is 5. The molecule has 1 aliphatic heterocycles. The molecular formula is C18H35ClN2O. The largest absolute Gasteiger partial charge is 0.342 e. The normalized spacial score (nSPS) is 26.1. The number of nitrogens with zero attached hydrogens (tertiary/aromatic N) is 1. The average Bonchev–Trinajstić information content (AvgIpc) is 2.53. The minimum absolute atomic E-state index is 0. The van der Waals surface area contributed by atoms with Gasteiger partial charge in [0.15, 0.2) is 0 Å². The van der Waals surface area contributed by atoms with Crippen molar-refractivity contribution in [1.29, 1.82) is 0 Å². The zero-order valence-electron chi connectivity index (χ0n) is 14.4. The van der Waals surface area contributed by atoms with Gasteiger partial charge >= 0.3 is 0 Å². The molecule has 0 radical (unpaired) electrons.